The lowest BCUT2D eigenvalue weighted by Gasteiger charge is -2.22. The number of nitrogen functional groups attached to an aromatic ring is 1. The van der Waals surface area contributed by atoms with Crippen molar-refractivity contribution in [1.82, 2.24) is 9.97 Å². The van der Waals surface area contributed by atoms with Crippen LogP contribution in [0.3, 0.4) is 0 Å². The molecule has 0 saturated heterocycles. The van der Waals surface area contributed by atoms with Gasteiger partial charge in [-0.1, -0.05) is 0 Å². The van der Waals surface area contributed by atoms with Crippen LogP contribution in [0, 0.1) is 12.3 Å². The van der Waals surface area contributed by atoms with E-state index in [2.05, 4.69) is 14.7 Å². The Labute approximate surface area is 108 Å². The number of hydrogen-bond acceptors (Lipinski definition) is 4. The third kappa shape index (κ3) is 3.96. The number of hydrogen-bond donors (Lipinski definition) is 2. The van der Waals surface area contributed by atoms with Crippen LogP contribution < -0.4 is 10.5 Å². The number of halogens is 6. The van der Waals surface area contributed by atoms with Crippen molar-refractivity contribution in [2.24, 2.45) is 5.73 Å². The number of ether oxygens (including phenoxy) is 1. The molecule has 20 heavy (non-hydrogen) atoms. The molecule has 0 unspecified atom stereocenters. The van der Waals surface area contributed by atoms with Gasteiger partial charge in [0.1, 0.15) is 11.5 Å². The first-order valence-electron chi connectivity index (χ1n) is 4.91. The lowest BCUT2D eigenvalue weighted by molar-refractivity contribution is -0.301. The molecular weight excluding hydrogens is 294 g/mol. The summed E-state index contributed by atoms with van der Waals surface area (Å²) in [5.41, 5.74) is 4.71. The van der Waals surface area contributed by atoms with Gasteiger partial charge in [-0.05, 0) is 13.0 Å². The summed E-state index contributed by atoms with van der Waals surface area (Å²) in [7, 11) is 0. The van der Waals surface area contributed by atoms with Crippen molar-refractivity contribution in [3.63, 3.8) is 0 Å². The van der Waals surface area contributed by atoms with Gasteiger partial charge in [-0.2, -0.15) is 31.3 Å². The van der Waals surface area contributed by atoms with E-state index >= 15 is 0 Å². The second-order valence-electron chi connectivity index (χ2n) is 3.67. The summed E-state index contributed by atoms with van der Waals surface area (Å²) in [5.74, 6) is -0.643. The van der Waals surface area contributed by atoms with Crippen LogP contribution in [-0.4, -0.2) is 34.3 Å². The summed E-state index contributed by atoms with van der Waals surface area (Å²) >= 11 is 0. The van der Waals surface area contributed by atoms with Crippen molar-refractivity contribution >= 4 is 5.84 Å². The molecule has 1 rings (SSSR count). The number of aryl methyl sites for hydroxylation is 1. The number of amidine groups is 1. The zero-order valence-electron chi connectivity index (χ0n) is 9.80. The summed E-state index contributed by atoms with van der Waals surface area (Å²) < 4.78 is 77.6. The molecule has 1 heterocycles. The number of aromatic nitrogens is 2. The number of rotatable bonds is 3. The average molecular weight is 302 g/mol. The quantitative estimate of drug-likeness (QED) is 0.507. The predicted octanol–water partition coefficient (Wildman–Crippen LogP) is 1.94. The molecule has 0 atom stereocenters. The lowest BCUT2D eigenvalue weighted by atomic mass is 10.3. The van der Waals surface area contributed by atoms with E-state index in [1.54, 1.807) is 0 Å². The minimum absolute atomic E-state index is 0.00305. The van der Waals surface area contributed by atoms with Crippen molar-refractivity contribution < 1.29 is 31.1 Å². The molecule has 1 aromatic heterocycles. The van der Waals surface area contributed by atoms with Gasteiger partial charge in [0, 0.05) is 5.69 Å². The maximum absolute atomic E-state index is 12.3. The van der Waals surface area contributed by atoms with Gasteiger partial charge in [-0.3, -0.25) is 5.41 Å². The fourth-order valence-electron chi connectivity index (χ4n) is 1.16. The molecule has 0 aromatic carbocycles. The fourth-order valence-corrected chi connectivity index (χ4v) is 1.16. The van der Waals surface area contributed by atoms with Crippen LogP contribution in [0.2, 0.25) is 0 Å². The number of nitrogens with one attached hydrogen (secondary N) is 1. The Morgan fingerprint density at radius 2 is 1.70 bits per heavy atom. The summed E-state index contributed by atoms with van der Waals surface area (Å²) in [4.78, 5) is 6.51. The van der Waals surface area contributed by atoms with Gasteiger partial charge in [0.25, 0.3) is 6.10 Å². The zero-order valence-corrected chi connectivity index (χ0v) is 9.80. The predicted molar refractivity (Wildman–Crippen MR) is 54.3 cm³/mol. The Balaban J connectivity index is 3.15. The van der Waals surface area contributed by atoms with E-state index in [4.69, 9.17) is 11.1 Å². The Kier molecular flexibility index (Phi) is 4.10. The Morgan fingerprint density at radius 1 is 1.20 bits per heavy atom. The molecule has 0 aliphatic rings. The molecule has 112 valence electrons. The number of nitrogens with two attached hydrogens (primary N) is 1. The highest BCUT2D eigenvalue weighted by atomic mass is 19.4. The van der Waals surface area contributed by atoms with E-state index in [1.165, 1.54) is 6.92 Å². The van der Waals surface area contributed by atoms with Crippen molar-refractivity contribution in [2.75, 3.05) is 0 Å². The van der Waals surface area contributed by atoms with E-state index < -0.39 is 30.3 Å². The van der Waals surface area contributed by atoms with Gasteiger partial charge >= 0.3 is 18.4 Å². The topological polar surface area (TPSA) is 84.9 Å². The second kappa shape index (κ2) is 5.13. The first kappa shape index (κ1) is 16.0. The van der Waals surface area contributed by atoms with E-state index in [-0.39, 0.29) is 11.4 Å². The molecule has 0 bridgehead atoms. The maximum Gasteiger partial charge on any atom is 0.434 e. The summed E-state index contributed by atoms with van der Waals surface area (Å²) in [6, 6.07) is -0.0411. The van der Waals surface area contributed by atoms with Crippen molar-refractivity contribution in [3.8, 4) is 6.01 Å². The van der Waals surface area contributed by atoms with Crippen molar-refractivity contribution in [1.29, 1.82) is 5.41 Å². The Morgan fingerprint density at radius 3 is 2.10 bits per heavy atom. The molecular formula is C9H8F6N4O. The van der Waals surface area contributed by atoms with Crippen LogP contribution in [0.1, 0.15) is 11.4 Å². The largest absolute Gasteiger partial charge is 0.440 e. The Bertz CT molecular complexity index is 498. The SMILES string of the molecule is Cc1cc(C(=N)N)nc(OC(C(F)(F)F)C(F)(F)F)n1. The molecule has 1 aromatic rings. The normalized spacial score (nSPS) is 12.6. The molecule has 0 spiro atoms. The molecule has 3 N–H and O–H groups in total. The van der Waals surface area contributed by atoms with Crippen LogP contribution in [-0.2, 0) is 0 Å². The van der Waals surface area contributed by atoms with Gasteiger partial charge in [0.2, 0.25) is 0 Å². The molecule has 0 aliphatic heterocycles. The van der Waals surface area contributed by atoms with Crippen LogP contribution in [0.5, 0.6) is 6.01 Å². The molecule has 5 nitrogen and oxygen atoms in total. The summed E-state index contributed by atoms with van der Waals surface area (Å²) in [5, 5.41) is 7.04. The average Bonchev–Trinajstić information content (AvgIpc) is 2.22. The second-order valence-corrected chi connectivity index (χ2v) is 3.67. The molecule has 11 heteroatoms. The van der Waals surface area contributed by atoms with Gasteiger partial charge in [0.15, 0.2) is 0 Å². The van der Waals surface area contributed by atoms with Crippen LogP contribution >= 0.6 is 0 Å². The number of nitrogens with zero attached hydrogens (tertiary/aromatic N) is 2. The van der Waals surface area contributed by atoms with E-state index in [9.17, 15) is 26.3 Å². The monoisotopic (exact) mass is 302 g/mol. The third-order valence-corrected chi connectivity index (χ3v) is 1.93. The fraction of sp³-hybridized carbons (Fsp3) is 0.444. The van der Waals surface area contributed by atoms with Crippen LogP contribution in [0.4, 0.5) is 26.3 Å². The minimum atomic E-state index is -5.68. The van der Waals surface area contributed by atoms with E-state index in [0.29, 0.717) is 0 Å². The highest BCUT2D eigenvalue weighted by Crippen LogP contribution is 2.35. The van der Waals surface area contributed by atoms with Crippen LogP contribution in [0.25, 0.3) is 0 Å². The van der Waals surface area contributed by atoms with Gasteiger partial charge in [0.05, 0.1) is 0 Å². The molecule has 0 amide bonds. The van der Waals surface area contributed by atoms with E-state index in [1.807, 2.05) is 0 Å². The standard InChI is InChI=1S/C9H8F6N4O/c1-3-2-4(5(16)17)19-7(18-3)20-6(8(10,11)12)9(13,14)15/h2,6H,1H3,(H3,16,17). The third-order valence-electron chi connectivity index (χ3n) is 1.93. The van der Waals surface area contributed by atoms with Crippen molar-refractivity contribution in [3.05, 3.63) is 17.5 Å². The summed E-state index contributed by atoms with van der Waals surface area (Å²) in [6.07, 6.45) is -15.4. The first-order valence-corrected chi connectivity index (χ1v) is 4.91. The molecule has 0 radical (unpaired) electrons. The van der Waals surface area contributed by atoms with E-state index in [0.717, 1.165) is 6.07 Å². The van der Waals surface area contributed by atoms with Crippen LogP contribution in [0.15, 0.2) is 6.07 Å². The first-order chi connectivity index (χ1) is 8.91. The highest BCUT2D eigenvalue weighted by Gasteiger charge is 2.59. The molecule has 0 aliphatic carbocycles. The molecule has 0 saturated carbocycles. The molecule has 0 fully saturated rings. The van der Waals surface area contributed by atoms with Gasteiger partial charge < -0.3 is 10.5 Å². The summed E-state index contributed by atoms with van der Waals surface area (Å²) in [6.45, 7) is 1.27. The van der Waals surface area contributed by atoms with Gasteiger partial charge in [-0.15, -0.1) is 0 Å². The zero-order chi connectivity index (χ0) is 15.7. The highest BCUT2D eigenvalue weighted by molar-refractivity contribution is 5.93. The smallest absolute Gasteiger partial charge is 0.434 e. The maximum atomic E-state index is 12.3. The minimum Gasteiger partial charge on any atom is -0.440 e. The number of alkyl halides is 6. The van der Waals surface area contributed by atoms with Gasteiger partial charge in [-0.25, -0.2) is 4.98 Å². The van der Waals surface area contributed by atoms with Crippen molar-refractivity contribution in [2.45, 2.75) is 25.4 Å². The Hall–Kier alpha value is -2.07. The lowest BCUT2D eigenvalue weighted by Crippen LogP contribution is -2.47.